The third-order valence-electron chi connectivity index (χ3n) is 2.93. The average molecular weight is 269 g/mol. The van der Waals surface area contributed by atoms with Crippen LogP contribution < -0.4 is 0 Å². The third-order valence-corrected chi connectivity index (χ3v) is 2.93. The van der Waals surface area contributed by atoms with Crippen molar-refractivity contribution in [2.75, 3.05) is 0 Å². The zero-order chi connectivity index (χ0) is 14.0. The molecule has 3 unspecified atom stereocenters. The van der Waals surface area contributed by atoms with Gasteiger partial charge in [0.2, 0.25) is 6.04 Å². The summed E-state index contributed by atoms with van der Waals surface area (Å²) in [4.78, 5) is 25.7. The maximum atomic E-state index is 11.6. The summed E-state index contributed by atoms with van der Waals surface area (Å²) >= 11 is 0. The first-order chi connectivity index (χ1) is 9.02. The van der Waals surface area contributed by atoms with E-state index in [0.717, 1.165) is 6.42 Å². The molecule has 1 aliphatic carbocycles. The fourth-order valence-corrected chi connectivity index (χ4v) is 1.74. The third kappa shape index (κ3) is 3.07. The number of hydrogen-bond acceptors (Lipinski definition) is 7. The highest BCUT2D eigenvalue weighted by Crippen LogP contribution is 2.35. The molecule has 1 saturated carbocycles. The summed E-state index contributed by atoms with van der Waals surface area (Å²) < 4.78 is 10.1. The predicted molar refractivity (Wildman–Crippen MR) is 61.7 cm³/mol. The van der Waals surface area contributed by atoms with E-state index in [1.807, 2.05) is 6.92 Å². The number of rotatable bonds is 6. The molecule has 0 amide bonds. The fraction of sp³-hybridized carbons (Fsp3) is 0.727. The minimum atomic E-state index is -0.807. The Morgan fingerprint density at radius 2 is 2.42 bits per heavy atom. The van der Waals surface area contributed by atoms with E-state index in [1.54, 1.807) is 6.92 Å². The zero-order valence-corrected chi connectivity index (χ0v) is 10.7. The van der Waals surface area contributed by atoms with E-state index in [2.05, 4.69) is 10.1 Å². The Morgan fingerprint density at radius 3 is 3.00 bits per heavy atom. The first kappa shape index (κ1) is 13.4. The highest BCUT2D eigenvalue weighted by Gasteiger charge is 2.55. The van der Waals surface area contributed by atoms with Crippen LogP contribution in [-0.2, 0) is 16.0 Å². The van der Waals surface area contributed by atoms with Gasteiger partial charge in [0, 0.05) is 17.8 Å². The number of carbonyl (C=O) groups is 1. The van der Waals surface area contributed by atoms with E-state index >= 15 is 0 Å². The van der Waals surface area contributed by atoms with Crippen molar-refractivity contribution in [3.8, 4) is 0 Å². The van der Waals surface area contributed by atoms with Gasteiger partial charge in [0.25, 0.3) is 5.89 Å². The van der Waals surface area contributed by atoms with E-state index in [0.29, 0.717) is 12.2 Å². The summed E-state index contributed by atoms with van der Waals surface area (Å²) in [7, 11) is 0. The summed E-state index contributed by atoms with van der Waals surface area (Å²) in [5.41, 5.74) is 0. The van der Waals surface area contributed by atoms with E-state index < -0.39 is 29.0 Å². The Balaban J connectivity index is 1.88. The number of ether oxygens (including phenoxy) is 1. The van der Waals surface area contributed by atoms with Crippen LogP contribution in [0, 0.1) is 16.0 Å². The minimum Gasteiger partial charge on any atom is -0.452 e. The lowest BCUT2D eigenvalue weighted by Gasteiger charge is -2.07. The van der Waals surface area contributed by atoms with E-state index in [-0.39, 0.29) is 12.3 Å². The fourth-order valence-electron chi connectivity index (χ4n) is 1.74. The minimum absolute atomic E-state index is 0.218. The van der Waals surface area contributed by atoms with Gasteiger partial charge in [-0.3, -0.25) is 14.9 Å². The Morgan fingerprint density at radius 1 is 1.68 bits per heavy atom. The number of carbonyl (C=O) groups excluding carboxylic acids is 1. The van der Waals surface area contributed by atoms with Gasteiger partial charge < -0.3 is 9.26 Å². The first-order valence-corrected chi connectivity index (χ1v) is 6.19. The van der Waals surface area contributed by atoms with E-state index in [4.69, 9.17) is 9.26 Å². The summed E-state index contributed by atoms with van der Waals surface area (Å²) in [6.45, 7) is 3.59. The molecule has 3 atom stereocenters. The Bertz CT molecular complexity index is 486. The molecule has 8 heteroatoms. The molecule has 1 fully saturated rings. The number of nitro groups is 1. The van der Waals surface area contributed by atoms with Crippen molar-refractivity contribution in [3.63, 3.8) is 0 Å². The summed E-state index contributed by atoms with van der Waals surface area (Å²) in [5.74, 6) is -0.440. The summed E-state index contributed by atoms with van der Waals surface area (Å²) in [5, 5.41) is 14.2. The second-order valence-electron chi connectivity index (χ2n) is 4.57. The Kier molecular flexibility index (Phi) is 3.77. The van der Waals surface area contributed by atoms with Crippen LogP contribution in [0.2, 0.25) is 0 Å². The molecule has 0 N–H and O–H groups in total. The van der Waals surface area contributed by atoms with Gasteiger partial charge in [0.15, 0.2) is 11.9 Å². The lowest BCUT2D eigenvalue weighted by atomic mass is 10.3. The smallest absolute Gasteiger partial charge is 0.316 e. The maximum absolute atomic E-state index is 11.6. The molecule has 0 aliphatic heterocycles. The summed E-state index contributed by atoms with van der Waals surface area (Å²) in [6.07, 6.45) is 1.14. The molecular weight excluding hydrogens is 254 g/mol. The van der Waals surface area contributed by atoms with Gasteiger partial charge in [-0.2, -0.15) is 4.98 Å². The molecule has 0 bridgehead atoms. The van der Waals surface area contributed by atoms with Crippen molar-refractivity contribution in [3.05, 3.63) is 21.8 Å². The second-order valence-corrected chi connectivity index (χ2v) is 4.57. The van der Waals surface area contributed by atoms with Crippen molar-refractivity contribution >= 4 is 5.97 Å². The standard InChI is InChI=1S/C11H15N3O5/c1-3-4-9-12-10(19-13-9)6(2)18-11(15)7-5-8(7)14(16)17/h6-8H,3-5H2,1-2H3. The highest BCUT2D eigenvalue weighted by atomic mass is 16.6. The van der Waals surface area contributed by atoms with Crippen molar-refractivity contribution in [2.45, 2.75) is 45.3 Å². The largest absolute Gasteiger partial charge is 0.452 e. The van der Waals surface area contributed by atoms with Crippen LogP contribution in [-0.4, -0.2) is 27.1 Å². The van der Waals surface area contributed by atoms with E-state index in [9.17, 15) is 14.9 Å². The molecule has 0 saturated heterocycles. The second kappa shape index (κ2) is 5.33. The quantitative estimate of drug-likeness (QED) is 0.435. The van der Waals surface area contributed by atoms with Crippen molar-refractivity contribution in [1.29, 1.82) is 0 Å². The Hall–Kier alpha value is -1.99. The number of aryl methyl sites for hydroxylation is 1. The number of aromatic nitrogens is 2. The van der Waals surface area contributed by atoms with Gasteiger partial charge in [-0.05, 0) is 13.3 Å². The van der Waals surface area contributed by atoms with Crippen LogP contribution in [0.1, 0.15) is 44.5 Å². The molecule has 19 heavy (non-hydrogen) atoms. The first-order valence-electron chi connectivity index (χ1n) is 6.19. The van der Waals surface area contributed by atoms with Crippen molar-refractivity contribution in [2.24, 2.45) is 5.92 Å². The molecular formula is C11H15N3O5. The van der Waals surface area contributed by atoms with Crippen molar-refractivity contribution < 1.29 is 19.0 Å². The van der Waals surface area contributed by atoms with Crippen LogP contribution in [0.25, 0.3) is 0 Å². The van der Waals surface area contributed by atoms with Gasteiger partial charge >= 0.3 is 5.97 Å². The Labute approximate surface area is 109 Å². The van der Waals surface area contributed by atoms with Gasteiger partial charge in [-0.15, -0.1) is 0 Å². The summed E-state index contributed by atoms with van der Waals surface area (Å²) in [6, 6.07) is -0.807. The van der Waals surface area contributed by atoms with Gasteiger partial charge in [0.05, 0.1) is 0 Å². The molecule has 1 aromatic heterocycles. The van der Waals surface area contributed by atoms with Gasteiger partial charge in [0.1, 0.15) is 5.92 Å². The maximum Gasteiger partial charge on any atom is 0.316 e. The van der Waals surface area contributed by atoms with Gasteiger partial charge in [-0.25, -0.2) is 0 Å². The number of hydrogen-bond donors (Lipinski definition) is 0. The van der Waals surface area contributed by atoms with Crippen LogP contribution >= 0.6 is 0 Å². The van der Waals surface area contributed by atoms with Crippen LogP contribution in [0.5, 0.6) is 0 Å². The SMILES string of the molecule is CCCc1noc(C(C)OC(=O)C2CC2[N+](=O)[O-])n1. The topological polar surface area (TPSA) is 108 Å². The molecule has 1 aromatic rings. The molecule has 1 heterocycles. The normalized spacial score (nSPS) is 22.8. The molecule has 1 aliphatic rings. The monoisotopic (exact) mass is 269 g/mol. The van der Waals surface area contributed by atoms with Gasteiger partial charge in [-0.1, -0.05) is 12.1 Å². The molecule has 0 aromatic carbocycles. The number of esters is 1. The average Bonchev–Trinajstić information content (AvgIpc) is 3.03. The molecule has 2 rings (SSSR count). The predicted octanol–water partition coefficient (Wildman–Crippen LogP) is 1.29. The molecule has 0 spiro atoms. The molecule has 0 radical (unpaired) electrons. The number of nitrogens with zero attached hydrogens (tertiary/aromatic N) is 3. The lowest BCUT2D eigenvalue weighted by Crippen LogP contribution is -2.15. The highest BCUT2D eigenvalue weighted by molar-refractivity contribution is 5.76. The zero-order valence-electron chi connectivity index (χ0n) is 10.7. The van der Waals surface area contributed by atoms with E-state index in [1.165, 1.54) is 0 Å². The van der Waals surface area contributed by atoms with Crippen LogP contribution in [0.4, 0.5) is 0 Å². The lowest BCUT2D eigenvalue weighted by molar-refractivity contribution is -0.497. The molecule has 104 valence electrons. The van der Waals surface area contributed by atoms with Crippen LogP contribution in [0.15, 0.2) is 4.52 Å². The van der Waals surface area contributed by atoms with Crippen molar-refractivity contribution in [1.82, 2.24) is 10.1 Å². The van der Waals surface area contributed by atoms with Crippen LogP contribution in [0.3, 0.4) is 0 Å². The molecule has 8 nitrogen and oxygen atoms in total.